The molecule has 2 rings (SSSR count). The fourth-order valence-electron chi connectivity index (χ4n) is 1.78. The Labute approximate surface area is 122 Å². The second-order valence-electron chi connectivity index (χ2n) is 4.05. The van der Waals surface area contributed by atoms with Crippen molar-refractivity contribution in [1.29, 1.82) is 5.26 Å². The maximum Gasteiger partial charge on any atom is 0.348 e. The Morgan fingerprint density at radius 3 is 2.90 bits per heavy atom. The first-order chi connectivity index (χ1) is 9.67. The van der Waals surface area contributed by atoms with E-state index in [0.717, 1.165) is 15.6 Å². The molecule has 0 bridgehead atoms. The normalized spacial score (nSPS) is 15.9. The quantitative estimate of drug-likeness (QED) is 0.485. The SMILES string of the molecule is CCOC(=O)/C(C#N)=C/C=C1/Sc2ccccc2N1C. The van der Waals surface area contributed by atoms with Crippen molar-refractivity contribution in [3.8, 4) is 6.07 Å². The highest BCUT2D eigenvalue weighted by Crippen LogP contribution is 2.44. The summed E-state index contributed by atoms with van der Waals surface area (Å²) in [5, 5.41) is 9.93. The van der Waals surface area contributed by atoms with E-state index in [1.807, 2.05) is 42.3 Å². The minimum absolute atomic E-state index is 0.00399. The molecule has 0 amide bonds. The van der Waals surface area contributed by atoms with Gasteiger partial charge in [-0.3, -0.25) is 0 Å². The van der Waals surface area contributed by atoms with Gasteiger partial charge in [0.15, 0.2) is 0 Å². The molecule has 1 heterocycles. The van der Waals surface area contributed by atoms with E-state index in [2.05, 4.69) is 0 Å². The number of nitriles is 1. The maximum atomic E-state index is 11.5. The van der Waals surface area contributed by atoms with Gasteiger partial charge in [-0.2, -0.15) is 5.26 Å². The van der Waals surface area contributed by atoms with E-state index in [4.69, 9.17) is 10.00 Å². The molecule has 0 aromatic heterocycles. The van der Waals surface area contributed by atoms with Crippen LogP contribution in [0.25, 0.3) is 0 Å². The molecule has 0 spiro atoms. The van der Waals surface area contributed by atoms with Crippen molar-refractivity contribution in [3.63, 3.8) is 0 Å². The number of fused-ring (bicyclic) bond motifs is 1. The first-order valence-corrected chi connectivity index (χ1v) is 6.98. The second-order valence-corrected chi connectivity index (χ2v) is 5.11. The molecule has 0 unspecified atom stereocenters. The zero-order valence-electron chi connectivity index (χ0n) is 11.3. The number of thioether (sulfide) groups is 1. The molecule has 1 aromatic rings. The lowest BCUT2D eigenvalue weighted by molar-refractivity contribution is -0.138. The molecular formula is C15H14N2O2S. The van der Waals surface area contributed by atoms with Crippen LogP contribution < -0.4 is 4.90 Å². The lowest BCUT2D eigenvalue weighted by Gasteiger charge is -2.12. The summed E-state index contributed by atoms with van der Waals surface area (Å²) in [5.74, 6) is -0.588. The number of allylic oxidation sites excluding steroid dienone is 2. The van der Waals surface area contributed by atoms with Crippen LogP contribution in [-0.2, 0) is 9.53 Å². The summed E-state index contributed by atoms with van der Waals surface area (Å²) < 4.78 is 4.82. The van der Waals surface area contributed by atoms with Crippen molar-refractivity contribution >= 4 is 23.4 Å². The fourth-order valence-corrected chi connectivity index (χ4v) is 2.83. The zero-order chi connectivity index (χ0) is 14.5. The summed E-state index contributed by atoms with van der Waals surface area (Å²) in [6.07, 6.45) is 3.27. The third-order valence-electron chi connectivity index (χ3n) is 2.78. The molecule has 0 N–H and O–H groups in total. The highest BCUT2D eigenvalue weighted by atomic mass is 32.2. The van der Waals surface area contributed by atoms with Crippen molar-refractivity contribution in [2.45, 2.75) is 11.8 Å². The van der Waals surface area contributed by atoms with Gasteiger partial charge in [-0.15, -0.1) is 0 Å². The molecule has 1 aliphatic heterocycles. The molecule has 4 nitrogen and oxygen atoms in total. The third-order valence-corrected chi connectivity index (χ3v) is 3.96. The molecule has 0 saturated heterocycles. The van der Waals surface area contributed by atoms with Crippen LogP contribution in [0, 0.1) is 11.3 Å². The molecule has 0 fully saturated rings. The number of rotatable bonds is 3. The van der Waals surface area contributed by atoms with E-state index in [-0.39, 0.29) is 12.2 Å². The van der Waals surface area contributed by atoms with E-state index in [1.54, 1.807) is 24.8 Å². The van der Waals surface area contributed by atoms with Gasteiger partial charge in [0.25, 0.3) is 0 Å². The Balaban J connectivity index is 2.22. The molecule has 0 atom stereocenters. The van der Waals surface area contributed by atoms with Gasteiger partial charge in [0.2, 0.25) is 0 Å². The highest BCUT2D eigenvalue weighted by Gasteiger charge is 2.20. The van der Waals surface area contributed by atoms with Crippen molar-refractivity contribution in [3.05, 3.63) is 47.0 Å². The summed E-state index contributed by atoms with van der Waals surface area (Å²) in [4.78, 5) is 14.7. The van der Waals surface area contributed by atoms with Crippen LogP contribution in [-0.4, -0.2) is 19.6 Å². The van der Waals surface area contributed by atoms with Crippen LogP contribution in [0.2, 0.25) is 0 Å². The molecule has 1 aliphatic rings. The van der Waals surface area contributed by atoms with E-state index < -0.39 is 5.97 Å². The monoisotopic (exact) mass is 286 g/mol. The fraction of sp³-hybridized carbons (Fsp3) is 0.200. The number of nitrogens with zero attached hydrogens (tertiary/aromatic N) is 2. The van der Waals surface area contributed by atoms with Crippen molar-refractivity contribution in [2.24, 2.45) is 0 Å². The van der Waals surface area contributed by atoms with Gasteiger partial charge in [0.1, 0.15) is 11.6 Å². The minimum Gasteiger partial charge on any atom is -0.462 e. The summed E-state index contributed by atoms with van der Waals surface area (Å²) in [6.45, 7) is 1.97. The lowest BCUT2D eigenvalue weighted by Crippen LogP contribution is -2.09. The van der Waals surface area contributed by atoms with Crippen molar-refractivity contribution in [1.82, 2.24) is 0 Å². The van der Waals surface area contributed by atoms with Crippen molar-refractivity contribution in [2.75, 3.05) is 18.6 Å². The molecule has 1 aromatic carbocycles. The van der Waals surface area contributed by atoms with Crippen LogP contribution in [0.15, 0.2) is 51.9 Å². The van der Waals surface area contributed by atoms with Gasteiger partial charge in [0, 0.05) is 11.9 Å². The number of hydrogen-bond acceptors (Lipinski definition) is 5. The summed E-state index contributed by atoms with van der Waals surface area (Å²) >= 11 is 1.60. The van der Waals surface area contributed by atoms with E-state index in [0.29, 0.717) is 0 Å². The number of esters is 1. The van der Waals surface area contributed by atoms with Crippen LogP contribution in [0.5, 0.6) is 0 Å². The maximum absolute atomic E-state index is 11.5. The molecule has 5 heteroatoms. The Morgan fingerprint density at radius 2 is 2.25 bits per heavy atom. The van der Waals surface area contributed by atoms with Crippen LogP contribution in [0.3, 0.4) is 0 Å². The number of carbonyl (C=O) groups is 1. The van der Waals surface area contributed by atoms with E-state index in [1.165, 1.54) is 6.08 Å². The van der Waals surface area contributed by atoms with Gasteiger partial charge in [-0.05, 0) is 31.2 Å². The van der Waals surface area contributed by atoms with Gasteiger partial charge in [0.05, 0.1) is 17.3 Å². The van der Waals surface area contributed by atoms with Gasteiger partial charge < -0.3 is 9.64 Å². The Bertz CT molecular complexity index is 629. The smallest absolute Gasteiger partial charge is 0.348 e. The Morgan fingerprint density at radius 1 is 1.50 bits per heavy atom. The van der Waals surface area contributed by atoms with E-state index in [9.17, 15) is 4.79 Å². The number of para-hydroxylation sites is 1. The molecule has 0 saturated carbocycles. The second kappa shape index (κ2) is 6.31. The topological polar surface area (TPSA) is 53.3 Å². The first-order valence-electron chi connectivity index (χ1n) is 6.17. The summed E-state index contributed by atoms with van der Waals surface area (Å²) in [6, 6.07) is 9.90. The van der Waals surface area contributed by atoms with Gasteiger partial charge >= 0.3 is 5.97 Å². The van der Waals surface area contributed by atoms with Crippen LogP contribution in [0.4, 0.5) is 5.69 Å². The molecular weight excluding hydrogens is 272 g/mol. The Kier molecular flexibility index (Phi) is 4.49. The minimum atomic E-state index is -0.588. The Hall–Kier alpha value is -2.19. The molecule has 0 aliphatic carbocycles. The molecule has 0 radical (unpaired) electrons. The van der Waals surface area contributed by atoms with Crippen LogP contribution >= 0.6 is 11.8 Å². The predicted octanol–water partition coefficient (Wildman–Crippen LogP) is 3.08. The largest absolute Gasteiger partial charge is 0.462 e. The first kappa shape index (κ1) is 14.2. The van der Waals surface area contributed by atoms with Crippen molar-refractivity contribution < 1.29 is 9.53 Å². The molecule has 102 valence electrons. The standard InChI is InChI=1S/C15H14N2O2S/c1-3-19-15(18)11(10-16)8-9-14-17(2)12-6-4-5-7-13(12)20-14/h4-9H,3H2,1-2H3/b11-8+,14-9+. The highest BCUT2D eigenvalue weighted by molar-refractivity contribution is 8.03. The third kappa shape index (κ3) is 2.86. The average molecular weight is 286 g/mol. The van der Waals surface area contributed by atoms with Crippen LogP contribution in [0.1, 0.15) is 6.92 Å². The number of carbonyl (C=O) groups excluding carboxylic acids is 1. The van der Waals surface area contributed by atoms with Gasteiger partial charge in [-0.1, -0.05) is 23.9 Å². The number of ether oxygens (including phenoxy) is 1. The lowest BCUT2D eigenvalue weighted by atomic mass is 10.2. The predicted molar refractivity (Wildman–Crippen MR) is 79.1 cm³/mol. The summed E-state index contributed by atoms with van der Waals surface area (Å²) in [5.41, 5.74) is 1.12. The molecule has 20 heavy (non-hydrogen) atoms. The zero-order valence-corrected chi connectivity index (χ0v) is 12.1. The number of anilines is 1. The number of benzene rings is 1. The van der Waals surface area contributed by atoms with Gasteiger partial charge in [-0.25, -0.2) is 4.79 Å². The van der Waals surface area contributed by atoms with E-state index >= 15 is 0 Å². The summed E-state index contributed by atoms with van der Waals surface area (Å²) in [7, 11) is 1.95. The average Bonchev–Trinajstić information content (AvgIpc) is 2.77. The number of hydrogen-bond donors (Lipinski definition) is 0.